The molecule has 0 radical (unpaired) electrons. The Morgan fingerprint density at radius 2 is 0.682 bits per heavy atom. The van der Waals surface area contributed by atoms with Crippen molar-refractivity contribution in [1.82, 2.24) is 0 Å². The number of hydrogen-bond donors (Lipinski definition) is 0. The second-order valence-corrected chi connectivity index (χ2v) is 14.9. The molecule has 0 aromatic heterocycles. The lowest BCUT2D eigenvalue weighted by molar-refractivity contribution is -0.149. The molecule has 0 saturated carbocycles. The van der Waals surface area contributed by atoms with Crippen LogP contribution in [0.1, 0.15) is 246 Å². The van der Waals surface area contributed by atoms with Crippen LogP contribution in [0.4, 0.5) is 0 Å². The van der Waals surface area contributed by atoms with E-state index in [0.29, 0.717) is 6.61 Å². The van der Waals surface area contributed by atoms with Gasteiger partial charge in [-0.25, -0.2) is 0 Å². The first-order valence-electron chi connectivity index (χ1n) is 20.8. The second-order valence-electron chi connectivity index (χ2n) is 14.9. The summed E-state index contributed by atoms with van der Waals surface area (Å²) in [5, 5.41) is 0. The minimum atomic E-state index is 0.101. The van der Waals surface area contributed by atoms with E-state index in [2.05, 4.69) is 27.7 Å². The van der Waals surface area contributed by atoms with E-state index < -0.39 is 0 Å². The van der Waals surface area contributed by atoms with Crippen LogP contribution in [0.2, 0.25) is 0 Å². The third-order valence-corrected chi connectivity index (χ3v) is 9.82. The minimum absolute atomic E-state index is 0.101. The lowest BCUT2D eigenvalue weighted by atomic mass is 9.93. The Bertz CT molecular complexity index is 542. The number of rotatable bonds is 37. The van der Waals surface area contributed by atoms with Crippen molar-refractivity contribution >= 4 is 5.97 Å². The van der Waals surface area contributed by atoms with Crippen LogP contribution in [-0.4, -0.2) is 12.6 Å². The van der Waals surface area contributed by atoms with Gasteiger partial charge in [0, 0.05) is 0 Å². The molecule has 0 spiro atoms. The summed E-state index contributed by atoms with van der Waals surface area (Å²) >= 11 is 0. The van der Waals surface area contributed by atoms with Gasteiger partial charge in [-0.1, -0.05) is 227 Å². The molecule has 0 aliphatic heterocycles. The number of ether oxygens (including phenoxy) is 1. The molecule has 2 nitrogen and oxygen atoms in total. The van der Waals surface area contributed by atoms with Crippen LogP contribution in [0.5, 0.6) is 0 Å². The Balaban J connectivity index is 3.75. The SMILES string of the molecule is CCCCCCCCCCCCCCCCCCOC(=O)C(CCCCCCCCCCCCCCCC)CCCC(C)C. The van der Waals surface area contributed by atoms with Gasteiger partial charge in [0.2, 0.25) is 0 Å². The largest absolute Gasteiger partial charge is 0.465 e. The van der Waals surface area contributed by atoms with Crippen molar-refractivity contribution in [3.8, 4) is 0 Å². The van der Waals surface area contributed by atoms with Crippen LogP contribution in [0, 0.1) is 11.8 Å². The van der Waals surface area contributed by atoms with E-state index in [0.717, 1.165) is 31.6 Å². The molecular weight excluding hydrogens is 536 g/mol. The van der Waals surface area contributed by atoms with Crippen molar-refractivity contribution in [1.29, 1.82) is 0 Å². The van der Waals surface area contributed by atoms with E-state index in [1.165, 1.54) is 193 Å². The highest BCUT2D eigenvalue weighted by atomic mass is 16.5. The standard InChI is InChI=1S/C42H84O2/c1-5-7-9-11-13-15-17-19-21-22-24-26-28-30-32-34-39-44-42(43)41(38-35-36-40(3)4)37-33-31-29-27-25-23-20-18-16-14-12-10-8-6-2/h40-41H,5-39H2,1-4H3. The van der Waals surface area contributed by atoms with Crippen molar-refractivity contribution in [2.45, 2.75) is 246 Å². The summed E-state index contributed by atoms with van der Waals surface area (Å²) in [4.78, 5) is 12.9. The van der Waals surface area contributed by atoms with Crippen LogP contribution < -0.4 is 0 Å². The van der Waals surface area contributed by atoms with E-state index in [4.69, 9.17) is 4.74 Å². The zero-order chi connectivity index (χ0) is 32.2. The fourth-order valence-corrected chi connectivity index (χ4v) is 6.68. The Kier molecular flexibility index (Phi) is 36.5. The van der Waals surface area contributed by atoms with Gasteiger partial charge in [0.1, 0.15) is 0 Å². The molecule has 0 aliphatic carbocycles. The molecule has 0 N–H and O–H groups in total. The van der Waals surface area contributed by atoms with Crippen molar-refractivity contribution < 1.29 is 9.53 Å². The van der Waals surface area contributed by atoms with Gasteiger partial charge in [-0.15, -0.1) is 0 Å². The van der Waals surface area contributed by atoms with E-state index >= 15 is 0 Å². The summed E-state index contributed by atoms with van der Waals surface area (Å²) in [7, 11) is 0. The molecule has 0 aliphatic rings. The first kappa shape index (κ1) is 43.5. The van der Waals surface area contributed by atoms with Crippen molar-refractivity contribution in [2.75, 3.05) is 6.61 Å². The lowest BCUT2D eigenvalue weighted by Crippen LogP contribution is -2.19. The summed E-state index contributed by atoms with van der Waals surface area (Å²) in [6, 6.07) is 0. The highest BCUT2D eigenvalue weighted by Crippen LogP contribution is 2.22. The first-order valence-corrected chi connectivity index (χ1v) is 20.8. The van der Waals surface area contributed by atoms with Crippen molar-refractivity contribution in [2.24, 2.45) is 11.8 Å². The van der Waals surface area contributed by atoms with Crippen LogP contribution in [-0.2, 0) is 9.53 Å². The summed E-state index contributed by atoms with van der Waals surface area (Å²) in [6.45, 7) is 9.81. The topological polar surface area (TPSA) is 26.3 Å². The smallest absolute Gasteiger partial charge is 0.308 e. The molecular formula is C42H84O2. The average molecular weight is 621 g/mol. The number of hydrogen-bond acceptors (Lipinski definition) is 2. The quantitative estimate of drug-likeness (QED) is 0.0510. The maximum atomic E-state index is 12.9. The van der Waals surface area contributed by atoms with Gasteiger partial charge in [-0.05, 0) is 25.2 Å². The molecule has 0 aromatic rings. The fourth-order valence-electron chi connectivity index (χ4n) is 6.68. The lowest BCUT2D eigenvalue weighted by Gasteiger charge is -2.17. The third kappa shape index (κ3) is 34.3. The molecule has 0 aromatic carbocycles. The molecule has 0 fully saturated rings. The molecule has 264 valence electrons. The van der Waals surface area contributed by atoms with Crippen LogP contribution in [0.25, 0.3) is 0 Å². The summed E-state index contributed by atoms with van der Waals surface area (Å²) in [5.41, 5.74) is 0. The Hall–Kier alpha value is -0.530. The summed E-state index contributed by atoms with van der Waals surface area (Å²) in [6.07, 6.45) is 45.8. The van der Waals surface area contributed by atoms with E-state index in [9.17, 15) is 4.79 Å². The van der Waals surface area contributed by atoms with E-state index in [1.54, 1.807) is 0 Å². The van der Waals surface area contributed by atoms with Gasteiger partial charge in [0.15, 0.2) is 0 Å². The molecule has 0 bridgehead atoms. The number of carbonyl (C=O) groups is 1. The maximum absolute atomic E-state index is 12.9. The van der Waals surface area contributed by atoms with E-state index in [1.807, 2.05) is 0 Å². The summed E-state index contributed by atoms with van der Waals surface area (Å²) in [5.74, 6) is 0.953. The molecule has 0 saturated heterocycles. The molecule has 0 heterocycles. The highest BCUT2D eigenvalue weighted by Gasteiger charge is 2.19. The number of carbonyl (C=O) groups excluding carboxylic acids is 1. The van der Waals surface area contributed by atoms with Gasteiger partial charge < -0.3 is 4.74 Å². The van der Waals surface area contributed by atoms with E-state index in [-0.39, 0.29) is 11.9 Å². The average Bonchev–Trinajstić information content (AvgIpc) is 3.01. The van der Waals surface area contributed by atoms with Gasteiger partial charge in [0.25, 0.3) is 0 Å². The number of unbranched alkanes of at least 4 members (excludes halogenated alkanes) is 28. The molecule has 1 atom stereocenters. The maximum Gasteiger partial charge on any atom is 0.308 e. The normalized spacial score (nSPS) is 12.3. The Labute approximate surface area is 279 Å². The monoisotopic (exact) mass is 621 g/mol. The first-order chi connectivity index (χ1) is 21.6. The third-order valence-electron chi connectivity index (χ3n) is 9.82. The van der Waals surface area contributed by atoms with Gasteiger partial charge in [0.05, 0.1) is 12.5 Å². The fraction of sp³-hybridized carbons (Fsp3) is 0.976. The molecule has 2 heteroatoms. The molecule has 44 heavy (non-hydrogen) atoms. The molecule has 1 unspecified atom stereocenters. The van der Waals surface area contributed by atoms with Crippen LogP contribution in [0.15, 0.2) is 0 Å². The van der Waals surface area contributed by atoms with Gasteiger partial charge >= 0.3 is 5.97 Å². The Morgan fingerprint density at radius 1 is 0.386 bits per heavy atom. The van der Waals surface area contributed by atoms with Crippen LogP contribution >= 0.6 is 0 Å². The number of esters is 1. The molecule has 0 rings (SSSR count). The summed E-state index contributed by atoms with van der Waals surface area (Å²) < 4.78 is 5.81. The highest BCUT2D eigenvalue weighted by molar-refractivity contribution is 5.72. The van der Waals surface area contributed by atoms with Gasteiger partial charge in [-0.3, -0.25) is 4.79 Å². The molecule has 0 amide bonds. The van der Waals surface area contributed by atoms with Gasteiger partial charge in [-0.2, -0.15) is 0 Å². The predicted octanol–water partition coefficient (Wildman–Crippen LogP) is 15.1. The zero-order valence-electron chi connectivity index (χ0n) is 31.2. The van der Waals surface area contributed by atoms with Crippen molar-refractivity contribution in [3.05, 3.63) is 0 Å². The predicted molar refractivity (Wildman–Crippen MR) is 198 cm³/mol. The second kappa shape index (κ2) is 36.9. The minimum Gasteiger partial charge on any atom is -0.465 e. The zero-order valence-corrected chi connectivity index (χ0v) is 31.2. The van der Waals surface area contributed by atoms with Crippen molar-refractivity contribution in [3.63, 3.8) is 0 Å². The Morgan fingerprint density at radius 3 is 1.02 bits per heavy atom. The van der Waals surface area contributed by atoms with Crippen LogP contribution in [0.3, 0.4) is 0 Å².